The molecule has 0 radical (unpaired) electrons. The summed E-state index contributed by atoms with van der Waals surface area (Å²) in [5, 5.41) is 17.4. The summed E-state index contributed by atoms with van der Waals surface area (Å²) < 4.78 is 0. The van der Waals surface area contributed by atoms with Gasteiger partial charge in [-0.2, -0.15) is 0 Å². The number of anilines is 2. The van der Waals surface area contributed by atoms with Gasteiger partial charge >= 0.3 is 6.03 Å². The molecule has 6 nitrogen and oxygen atoms in total. The number of carbonyl (C=O) groups is 2. The van der Waals surface area contributed by atoms with Gasteiger partial charge in [-0.25, -0.2) is 4.79 Å². The molecular weight excluding hydrogens is 354 g/mol. The van der Waals surface area contributed by atoms with Gasteiger partial charge in [0, 0.05) is 22.8 Å². The minimum absolute atomic E-state index is 0.309. The van der Waals surface area contributed by atoms with Gasteiger partial charge in [-0.3, -0.25) is 9.69 Å². The van der Waals surface area contributed by atoms with Crippen LogP contribution in [0.2, 0.25) is 5.02 Å². The van der Waals surface area contributed by atoms with Crippen LogP contribution in [0, 0.1) is 0 Å². The molecular formula is C19H20ClN3O3. The fourth-order valence-corrected chi connectivity index (χ4v) is 3.08. The SMILES string of the molecule is CCCCNC(=O)[C@@]1(O)c2ccccc2NC(=O)N1c1ccc(Cl)cc1. The maximum atomic E-state index is 12.9. The summed E-state index contributed by atoms with van der Waals surface area (Å²) in [6, 6.07) is 12.5. The second-order valence-corrected chi connectivity index (χ2v) is 6.51. The summed E-state index contributed by atoms with van der Waals surface area (Å²) in [6.07, 6.45) is 1.67. The second-order valence-electron chi connectivity index (χ2n) is 6.07. The van der Waals surface area contributed by atoms with E-state index >= 15 is 0 Å². The highest BCUT2D eigenvalue weighted by Gasteiger charge is 2.51. The molecule has 1 atom stereocenters. The first-order chi connectivity index (χ1) is 12.5. The van der Waals surface area contributed by atoms with E-state index in [1.54, 1.807) is 48.5 Å². The summed E-state index contributed by atoms with van der Waals surface area (Å²) in [7, 11) is 0. The number of halogens is 1. The summed E-state index contributed by atoms with van der Waals surface area (Å²) >= 11 is 5.93. The Kier molecular flexibility index (Phi) is 5.15. The molecule has 0 saturated carbocycles. The molecule has 26 heavy (non-hydrogen) atoms. The maximum absolute atomic E-state index is 12.9. The number of rotatable bonds is 5. The Balaban J connectivity index is 2.10. The van der Waals surface area contributed by atoms with Gasteiger partial charge in [-0.05, 0) is 36.8 Å². The van der Waals surface area contributed by atoms with E-state index in [1.165, 1.54) is 0 Å². The lowest BCUT2D eigenvalue weighted by Gasteiger charge is -2.42. The van der Waals surface area contributed by atoms with Crippen LogP contribution in [0.3, 0.4) is 0 Å². The largest absolute Gasteiger partial charge is 0.359 e. The van der Waals surface area contributed by atoms with Crippen molar-refractivity contribution >= 4 is 34.9 Å². The highest BCUT2D eigenvalue weighted by atomic mass is 35.5. The average molecular weight is 374 g/mol. The van der Waals surface area contributed by atoms with Gasteiger partial charge in [0.2, 0.25) is 0 Å². The van der Waals surface area contributed by atoms with Crippen molar-refractivity contribution in [3.05, 3.63) is 59.1 Å². The first kappa shape index (κ1) is 18.2. The Bertz CT molecular complexity index is 825. The van der Waals surface area contributed by atoms with Crippen molar-refractivity contribution in [2.24, 2.45) is 0 Å². The van der Waals surface area contributed by atoms with Gasteiger partial charge in [-0.15, -0.1) is 0 Å². The summed E-state index contributed by atoms with van der Waals surface area (Å²) in [4.78, 5) is 26.7. The number of nitrogens with zero attached hydrogens (tertiary/aromatic N) is 1. The number of hydrogen-bond donors (Lipinski definition) is 3. The molecule has 7 heteroatoms. The molecule has 0 aromatic heterocycles. The Labute approximate surface area is 156 Å². The normalized spacial score (nSPS) is 18.9. The van der Waals surface area contributed by atoms with Gasteiger partial charge in [-0.1, -0.05) is 43.1 Å². The quantitative estimate of drug-likeness (QED) is 0.702. The zero-order valence-electron chi connectivity index (χ0n) is 14.3. The van der Waals surface area contributed by atoms with E-state index in [-0.39, 0.29) is 0 Å². The van der Waals surface area contributed by atoms with E-state index in [1.807, 2.05) is 6.92 Å². The lowest BCUT2D eigenvalue weighted by molar-refractivity contribution is -0.140. The molecule has 3 N–H and O–H groups in total. The third kappa shape index (κ3) is 3.13. The Morgan fingerprint density at radius 1 is 1.23 bits per heavy atom. The molecule has 0 aliphatic carbocycles. The Morgan fingerprint density at radius 3 is 2.62 bits per heavy atom. The van der Waals surface area contributed by atoms with Crippen LogP contribution >= 0.6 is 11.6 Å². The molecule has 0 fully saturated rings. The lowest BCUT2D eigenvalue weighted by atomic mass is 9.94. The first-order valence-electron chi connectivity index (χ1n) is 8.45. The molecule has 0 unspecified atom stereocenters. The summed E-state index contributed by atoms with van der Waals surface area (Å²) in [6.45, 7) is 2.42. The number of amides is 3. The van der Waals surface area contributed by atoms with Crippen LogP contribution in [0.4, 0.5) is 16.2 Å². The summed E-state index contributed by atoms with van der Waals surface area (Å²) in [5.74, 6) is -0.650. The number of fused-ring (bicyclic) bond motifs is 1. The van der Waals surface area contributed by atoms with Crippen LogP contribution in [0.5, 0.6) is 0 Å². The third-order valence-corrected chi connectivity index (χ3v) is 4.54. The van der Waals surface area contributed by atoms with E-state index < -0.39 is 17.7 Å². The number of nitrogens with one attached hydrogen (secondary N) is 2. The van der Waals surface area contributed by atoms with Gasteiger partial charge in [0.25, 0.3) is 11.6 Å². The molecule has 1 aliphatic heterocycles. The standard InChI is InChI=1S/C19H20ClN3O3/c1-2-3-12-21-17(24)19(26)15-6-4-5-7-16(15)22-18(25)23(19)14-10-8-13(20)9-11-14/h4-11,26H,2-3,12H2,1H3,(H,21,24)(H,22,25)/t19-/m0/s1. The average Bonchev–Trinajstić information content (AvgIpc) is 2.63. The van der Waals surface area contributed by atoms with Crippen molar-refractivity contribution in [2.45, 2.75) is 25.5 Å². The number of aliphatic hydroxyl groups is 1. The molecule has 0 spiro atoms. The monoisotopic (exact) mass is 373 g/mol. The second kappa shape index (κ2) is 7.35. The molecule has 0 saturated heterocycles. The molecule has 2 aromatic carbocycles. The van der Waals surface area contributed by atoms with Crippen molar-refractivity contribution in [2.75, 3.05) is 16.8 Å². The van der Waals surface area contributed by atoms with Crippen molar-refractivity contribution in [3.63, 3.8) is 0 Å². The zero-order chi connectivity index (χ0) is 18.7. The number of carbonyl (C=O) groups excluding carboxylic acids is 2. The molecule has 1 aliphatic rings. The van der Waals surface area contributed by atoms with E-state index in [0.717, 1.165) is 17.7 Å². The number of unbranched alkanes of at least 4 members (excludes halogenated alkanes) is 1. The van der Waals surface area contributed by atoms with E-state index in [9.17, 15) is 14.7 Å². The molecule has 2 aromatic rings. The lowest BCUT2D eigenvalue weighted by Crippen LogP contribution is -2.62. The van der Waals surface area contributed by atoms with Crippen LogP contribution in [0.25, 0.3) is 0 Å². The van der Waals surface area contributed by atoms with Crippen LogP contribution in [-0.4, -0.2) is 23.6 Å². The summed E-state index contributed by atoms with van der Waals surface area (Å²) in [5.41, 5.74) is -1.10. The fourth-order valence-electron chi connectivity index (χ4n) is 2.95. The number of urea groups is 1. The predicted molar refractivity (Wildman–Crippen MR) is 101 cm³/mol. The minimum atomic E-state index is -2.17. The highest BCUT2D eigenvalue weighted by molar-refractivity contribution is 6.30. The zero-order valence-corrected chi connectivity index (χ0v) is 15.1. The number of benzene rings is 2. The smallest absolute Gasteiger partial charge is 0.329 e. The first-order valence-corrected chi connectivity index (χ1v) is 8.83. The van der Waals surface area contributed by atoms with Crippen LogP contribution in [-0.2, 0) is 10.5 Å². The molecule has 0 bridgehead atoms. The van der Waals surface area contributed by atoms with Gasteiger partial charge in [0.05, 0.1) is 5.69 Å². The maximum Gasteiger partial charge on any atom is 0.329 e. The topological polar surface area (TPSA) is 81.7 Å². The van der Waals surface area contributed by atoms with E-state index in [2.05, 4.69) is 10.6 Å². The van der Waals surface area contributed by atoms with Gasteiger partial charge < -0.3 is 15.7 Å². The van der Waals surface area contributed by atoms with E-state index in [4.69, 9.17) is 11.6 Å². The molecule has 1 heterocycles. The molecule has 3 rings (SSSR count). The highest BCUT2D eigenvalue weighted by Crippen LogP contribution is 2.39. The van der Waals surface area contributed by atoms with E-state index in [0.29, 0.717) is 28.5 Å². The number of para-hydroxylation sites is 1. The van der Waals surface area contributed by atoms with Gasteiger partial charge in [0.15, 0.2) is 0 Å². The predicted octanol–water partition coefficient (Wildman–Crippen LogP) is 3.45. The van der Waals surface area contributed by atoms with Crippen LogP contribution in [0.15, 0.2) is 48.5 Å². The fraction of sp³-hybridized carbons (Fsp3) is 0.263. The molecule has 136 valence electrons. The minimum Gasteiger partial charge on any atom is -0.359 e. The van der Waals surface area contributed by atoms with Crippen LogP contribution < -0.4 is 15.5 Å². The molecule has 3 amide bonds. The Morgan fingerprint density at radius 2 is 1.92 bits per heavy atom. The van der Waals surface area contributed by atoms with Crippen molar-refractivity contribution in [1.29, 1.82) is 0 Å². The van der Waals surface area contributed by atoms with Crippen molar-refractivity contribution < 1.29 is 14.7 Å². The van der Waals surface area contributed by atoms with Crippen molar-refractivity contribution in [3.8, 4) is 0 Å². The van der Waals surface area contributed by atoms with Gasteiger partial charge in [0.1, 0.15) is 0 Å². The van der Waals surface area contributed by atoms with Crippen molar-refractivity contribution in [1.82, 2.24) is 5.32 Å². The Hall–Kier alpha value is -2.57. The number of hydrogen-bond acceptors (Lipinski definition) is 3. The third-order valence-electron chi connectivity index (χ3n) is 4.29. The van der Waals surface area contributed by atoms with Crippen LogP contribution in [0.1, 0.15) is 25.3 Å².